The number of carbonyl (C=O) groups excluding carboxylic acids is 1. The van der Waals surface area contributed by atoms with Crippen molar-refractivity contribution in [2.24, 2.45) is 0 Å². The summed E-state index contributed by atoms with van der Waals surface area (Å²) in [5.74, 6) is 1.46. The molecule has 3 aromatic rings. The Morgan fingerprint density at radius 1 is 1.07 bits per heavy atom. The molecule has 1 amide bonds. The molecule has 1 aromatic heterocycles. The number of benzene rings is 2. The highest BCUT2D eigenvalue weighted by Gasteiger charge is 2.38. The minimum atomic E-state index is -0.263. The molecule has 2 aromatic carbocycles. The molecule has 1 unspecified atom stereocenters. The first kappa shape index (κ1) is 19.0. The SMILES string of the molecule is Cc1cccc(CC(=O)N2c3ccccc3CC2c2nnc(C3CCOCC3)o2)c1. The van der Waals surface area contributed by atoms with Gasteiger partial charge in [0, 0.05) is 31.2 Å². The Kier molecular flexibility index (Phi) is 5.09. The van der Waals surface area contributed by atoms with Gasteiger partial charge in [-0.05, 0) is 37.0 Å². The van der Waals surface area contributed by atoms with Crippen LogP contribution < -0.4 is 4.90 Å². The Labute approximate surface area is 175 Å². The first-order chi connectivity index (χ1) is 14.7. The number of amides is 1. The van der Waals surface area contributed by atoms with Crippen molar-refractivity contribution in [2.75, 3.05) is 18.1 Å². The summed E-state index contributed by atoms with van der Waals surface area (Å²) in [5.41, 5.74) is 4.23. The van der Waals surface area contributed by atoms with Crippen molar-refractivity contribution >= 4 is 11.6 Å². The molecule has 1 atom stereocenters. The van der Waals surface area contributed by atoms with Crippen molar-refractivity contribution < 1.29 is 13.9 Å². The maximum Gasteiger partial charge on any atom is 0.239 e. The van der Waals surface area contributed by atoms with Crippen LogP contribution in [0.15, 0.2) is 52.9 Å². The van der Waals surface area contributed by atoms with E-state index < -0.39 is 0 Å². The first-order valence-electron chi connectivity index (χ1n) is 10.6. The van der Waals surface area contributed by atoms with Crippen molar-refractivity contribution in [1.82, 2.24) is 10.2 Å². The third-order valence-corrected chi connectivity index (χ3v) is 5.99. The van der Waals surface area contributed by atoms with Crippen LogP contribution in [0.5, 0.6) is 0 Å². The molecule has 154 valence electrons. The van der Waals surface area contributed by atoms with Gasteiger partial charge in [-0.15, -0.1) is 10.2 Å². The van der Waals surface area contributed by atoms with E-state index in [1.54, 1.807) is 0 Å². The lowest BCUT2D eigenvalue weighted by Gasteiger charge is -2.23. The number of ether oxygens (including phenoxy) is 1. The number of anilines is 1. The molecular weight excluding hydrogens is 378 g/mol. The molecular formula is C24H25N3O3. The topological polar surface area (TPSA) is 68.5 Å². The van der Waals surface area contributed by atoms with Crippen LogP contribution >= 0.6 is 0 Å². The van der Waals surface area contributed by atoms with Gasteiger partial charge < -0.3 is 9.15 Å². The van der Waals surface area contributed by atoms with Crippen LogP contribution in [0.25, 0.3) is 0 Å². The van der Waals surface area contributed by atoms with Crippen LogP contribution in [0.2, 0.25) is 0 Å². The second-order valence-corrected chi connectivity index (χ2v) is 8.14. The molecule has 0 spiro atoms. The van der Waals surface area contributed by atoms with Gasteiger partial charge in [-0.3, -0.25) is 9.69 Å². The zero-order valence-electron chi connectivity index (χ0n) is 17.1. The van der Waals surface area contributed by atoms with Crippen molar-refractivity contribution in [3.05, 3.63) is 77.0 Å². The summed E-state index contributed by atoms with van der Waals surface area (Å²) in [5, 5.41) is 8.69. The van der Waals surface area contributed by atoms with Crippen molar-refractivity contribution in [3.8, 4) is 0 Å². The molecule has 0 bridgehead atoms. The fourth-order valence-electron chi connectivity index (χ4n) is 4.46. The van der Waals surface area contributed by atoms with E-state index in [9.17, 15) is 4.79 Å². The van der Waals surface area contributed by atoms with Gasteiger partial charge >= 0.3 is 0 Å². The average Bonchev–Trinajstić information content (AvgIpc) is 3.39. The molecule has 3 heterocycles. The standard InChI is InChI=1S/C24H25N3O3/c1-16-5-4-6-17(13-16)14-22(28)27-20-8-3-2-7-19(20)15-21(27)24-26-25-23(30-24)18-9-11-29-12-10-18/h2-8,13,18,21H,9-12,14-15H2,1H3. The van der Waals surface area contributed by atoms with E-state index in [4.69, 9.17) is 9.15 Å². The second kappa shape index (κ2) is 8.03. The van der Waals surface area contributed by atoms with Gasteiger partial charge in [0.2, 0.25) is 17.7 Å². The molecule has 2 aliphatic heterocycles. The number of hydrogen-bond donors (Lipinski definition) is 0. The van der Waals surface area contributed by atoms with Gasteiger partial charge in [-0.2, -0.15) is 0 Å². The lowest BCUT2D eigenvalue weighted by Crippen LogP contribution is -2.33. The molecule has 2 aliphatic rings. The minimum Gasteiger partial charge on any atom is -0.423 e. The van der Waals surface area contributed by atoms with Crippen molar-refractivity contribution in [2.45, 2.75) is 44.6 Å². The van der Waals surface area contributed by atoms with E-state index in [-0.39, 0.29) is 17.9 Å². The quantitative estimate of drug-likeness (QED) is 0.655. The molecule has 0 N–H and O–H groups in total. The normalized spacial score (nSPS) is 19.1. The molecule has 5 rings (SSSR count). The van der Waals surface area contributed by atoms with Gasteiger partial charge in [0.1, 0.15) is 6.04 Å². The van der Waals surface area contributed by atoms with Gasteiger partial charge in [-0.1, -0.05) is 48.0 Å². The average molecular weight is 403 g/mol. The summed E-state index contributed by atoms with van der Waals surface area (Å²) in [7, 11) is 0. The summed E-state index contributed by atoms with van der Waals surface area (Å²) in [6.07, 6.45) is 2.81. The number of rotatable bonds is 4. The molecule has 6 nitrogen and oxygen atoms in total. The molecule has 1 saturated heterocycles. The predicted molar refractivity (Wildman–Crippen MR) is 112 cm³/mol. The Balaban J connectivity index is 1.44. The Morgan fingerprint density at radius 2 is 1.87 bits per heavy atom. The highest BCUT2D eigenvalue weighted by Crippen LogP contribution is 2.41. The summed E-state index contributed by atoms with van der Waals surface area (Å²) in [6.45, 7) is 3.48. The zero-order valence-corrected chi connectivity index (χ0v) is 17.1. The Bertz CT molecular complexity index is 1060. The number of aryl methyl sites for hydroxylation is 1. The lowest BCUT2D eigenvalue weighted by atomic mass is 10.0. The zero-order chi connectivity index (χ0) is 20.5. The second-order valence-electron chi connectivity index (χ2n) is 8.14. The molecule has 0 radical (unpaired) electrons. The molecule has 6 heteroatoms. The van der Waals surface area contributed by atoms with Gasteiger partial charge in [0.25, 0.3) is 0 Å². The van der Waals surface area contributed by atoms with Crippen molar-refractivity contribution in [1.29, 1.82) is 0 Å². The number of para-hydroxylation sites is 1. The molecule has 0 saturated carbocycles. The third kappa shape index (κ3) is 3.63. The van der Waals surface area contributed by atoms with Crippen LogP contribution in [-0.4, -0.2) is 29.3 Å². The van der Waals surface area contributed by atoms with Crippen LogP contribution in [0.4, 0.5) is 5.69 Å². The van der Waals surface area contributed by atoms with Gasteiger partial charge in [0.05, 0.1) is 6.42 Å². The summed E-state index contributed by atoms with van der Waals surface area (Å²) < 4.78 is 11.6. The van der Waals surface area contributed by atoms with Gasteiger partial charge in [0.15, 0.2) is 0 Å². The van der Waals surface area contributed by atoms with E-state index in [1.807, 2.05) is 48.2 Å². The van der Waals surface area contributed by atoms with E-state index in [2.05, 4.69) is 22.3 Å². The number of carbonyl (C=O) groups is 1. The van der Waals surface area contributed by atoms with Crippen LogP contribution in [0.3, 0.4) is 0 Å². The van der Waals surface area contributed by atoms with E-state index >= 15 is 0 Å². The summed E-state index contributed by atoms with van der Waals surface area (Å²) in [6, 6.07) is 15.9. The monoisotopic (exact) mass is 403 g/mol. The maximum absolute atomic E-state index is 13.4. The molecule has 0 aliphatic carbocycles. The molecule has 30 heavy (non-hydrogen) atoms. The Morgan fingerprint density at radius 3 is 2.70 bits per heavy atom. The molecule has 1 fully saturated rings. The Hall–Kier alpha value is -2.99. The van der Waals surface area contributed by atoms with E-state index in [0.717, 1.165) is 48.4 Å². The summed E-state index contributed by atoms with van der Waals surface area (Å²) >= 11 is 0. The van der Waals surface area contributed by atoms with Crippen LogP contribution in [0, 0.1) is 6.92 Å². The first-order valence-corrected chi connectivity index (χ1v) is 10.6. The summed E-state index contributed by atoms with van der Waals surface area (Å²) in [4.78, 5) is 15.2. The van der Waals surface area contributed by atoms with E-state index in [0.29, 0.717) is 24.6 Å². The van der Waals surface area contributed by atoms with E-state index in [1.165, 1.54) is 0 Å². The van der Waals surface area contributed by atoms with Gasteiger partial charge in [-0.25, -0.2) is 0 Å². The number of aromatic nitrogens is 2. The number of nitrogens with zero attached hydrogens (tertiary/aromatic N) is 3. The fraction of sp³-hybridized carbons (Fsp3) is 0.375. The maximum atomic E-state index is 13.4. The smallest absolute Gasteiger partial charge is 0.239 e. The number of hydrogen-bond acceptors (Lipinski definition) is 5. The van der Waals surface area contributed by atoms with Crippen LogP contribution in [-0.2, 0) is 22.4 Å². The lowest BCUT2D eigenvalue weighted by molar-refractivity contribution is -0.118. The minimum absolute atomic E-state index is 0.0429. The predicted octanol–water partition coefficient (Wildman–Crippen LogP) is 4.15. The highest BCUT2D eigenvalue weighted by molar-refractivity contribution is 5.97. The number of fused-ring (bicyclic) bond motifs is 1. The van der Waals surface area contributed by atoms with Crippen LogP contribution in [0.1, 0.15) is 53.3 Å². The van der Waals surface area contributed by atoms with Crippen molar-refractivity contribution in [3.63, 3.8) is 0 Å². The third-order valence-electron chi connectivity index (χ3n) is 5.99. The highest BCUT2D eigenvalue weighted by atomic mass is 16.5. The fourth-order valence-corrected chi connectivity index (χ4v) is 4.46. The largest absolute Gasteiger partial charge is 0.423 e.